The molecule has 2 amide bonds. The SMILES string of the molecule is NCCCNCC(=O)N[C@@H](Cc1ccccc1)C(=O)NCCOCCN. The van der Waals surface area contributed by atoms with E-state index in [1.807, 2.05) is 30.3 Å². The lowest BCUT2D eigenvalue weighted by atomic mass is 10.1. The zero-order valence-electron chi connectivity index (χ0n) is 15.2. The molecular formula is C18H31N5O3. The molecule has 0 bridgehead atoms. The highest BCUT2D eigenvalue weighted by Gasteiger charge is 2.20. The van der Waals surface area contributed by atoms with E-state index < -0.39 is 6.04 Å². The molecule has 0 spiro atoms. The van der Waals surface area contributed by atoms with Crippen LogP contribution in [0.15, 0.2) is 30.3 Å². The number of hydrogen-bond acceptors (Lipinski definition) is 6. The number of nitrogens with two attached hydrogens (primary N) is 2. The van der Waals surface area contributed by atoms with E-state index in [4.69, 9.17) is 16.2 Å². The molecule has 0 saturated carbocycles. The smallest absolute Gasteiger partial charge is 0.243 e. The van der Waals surface area contributed by atoms with Crippen molar-refractivity contribution in [2.45, 2.75) is 18.9 Å². The first-order valence-electron chi connectivity index (χ1n) is 8.97. The lowest BCUT2D eigenvalue weighted by molar-refractivity contribution is -0.128. The molecule has 0 saturated heterocycles. The first-order chi connectivity index (χ1) is 12.7. The van der Waals surface area contributed by atoms with Crippen LogP contribution in [0, 0.1) is 0 Å². The minimum atomic E-state index is -0.643. The number of hydrogen-bond donors (Lipinski definition) is 5. The fraction of sp³-hybridized carbons (Fsp3) is 0.556. The standard InChI is InChI=1S/C18H31N5O3/c19-7-4-9-21-14-17(24)23-16(13-15-5-2-1-3-6-15)18(25)22-10-12-26-11-8-20/h1-3,5-6,16,21H,4,7-14,19-20H2,(H,22,25)(H,23,24)/t16-/m0/s1. The first-order valence-corrected chi connectivity index (χ1v) is 8.97. The second-order valence-electron chi connectivity index (χ2n) is 5.82. The molecule has 146 valence electrons. The highest BCUT2D eigenvalue weighted by molar-refractivity contribution is 5.88. The van der Waals surface area contributed by atoms with Gasteiger partial charge in [-0.2, -0.15) is 0 Å². The summed E-state index contributed by atoms with van der Waals surface area (Å²) >= 11 is 0. The van der Waals surface area contributed by atoms with Crippen LogP contribution in [-0.4, -0.2) is 63.8 Å². The molecule has 0 aromatic heterocycles. The van der Waals surface area contributed by atoms with Crippen molar-refractivity contribution in [2.24, 2.45) is 11.5 Å². The van der Waals surface area contributed by atoms with Crippen molar-refractivity contribution >= 4 is 11.8 Å². The summed E-state index contributed by atoms with van der Waals surface area (Å²) in [5, 5.41) is 8.58. The van der Waals surface area contributed by atoms with Gasteiger partial charge in [0.2, 0.25) is 11.8 Å². The fourth-order valence-corrected chi connectivity index (χ4v) is 2.29. The Kier molecular flexibility index (Phi) is 12.0. The van der Waals surface area contributed by atoms with Crippen LogP contribution < -0.4 is 27.4 Å². The summed E-state index contributed by atoms with van der Waals surface area (Å²) in [5.74, 6) is -0.460. The van der Waals surface area contributed by atoms with Crippen LogP contribution in [0.4, 0.5) is 0 Å². The first kappa shape index (κ1) is 22.0. The van der Waals surface area contributed by atoms with Crippen molar-refractivity contribution < 1.29 is 14.3 Å². The van der Waals surface area contributed by atoms with Gasteiger partial charge in [0.1, 0.15) is 6.04 Å². The number of nitrogens with one attached hydrogen (secondary N) is 3. The minimum Gasteiger partial charge on any atom is -0.378 e. The van der Waals surface area contributed by atoms with E-state index >= 15 is 0 Å². The molecule has 26 heavy (non-hydrogen) atoms. The zero-order valence-corrected chi connectivity index (χ0v) is 15.2. The van der Waals surface area contributed by atoms with E-state index in [-0.39, 0.29) is 18.4 Å². The molecule has 1 aromatic rings. The summed E-state index contributed by atoms with van der Waals surface area (Å²) in [7, 11) is 0. The largest absolute Gasteiger partial charge is 0.378 e. The zero-order chi connectivity index (χ0) is 19.0. The van der Waals surface area contributed by atoms with Crippen LogP contribution in [0.2, 0.25) is 0 Å². The second kappa shape index (κ2) is 14.2. The second-order valence-corrected chi connectivity index (χ2v) is 5.82. The van der Waals surface area contributed by atoms with Gasteiger partial charge in [0.05, 0.1) is 19.8 Å². The number of carbonyl (C=O) groups is 2. The van der Waals surface area contributed by atoms with Gasteiger partial charge in [0.25, 0.3) is 0 Å². The number of ether oxygens (including phenoxy) is 1. The van der Waals surface area contributed by atoms with Gasteiger partial charge in [-0.25, -0.2) is 0 Å². The summed E-state index contributed by atoms with van der Waals surface area (Å²) in [6.07, 6.45) is 1.22. The highest BCUT2D eigenvalue weighted by Crippen LogP contribution is 2.03. The summed E-state index contributed by atoms with van der Waals surface area (Å²) < 4.78 is 5.24. The number of amides is 2. The Morgan fingerprint density at radius 2 is 1.81 bits per heavy atom. The average molecular weight is 365 g/mol. The Hall–Kier alpha value is -2.00. The molecule has 0 aliphatic carbocycles. The van der Waals surface area contributed by atoms with Crippen LogP contribution in [-0.2, 0) is 20.7 Å². The lowest BCUT2D eigenvalue weighted by Gasteiger charge is -2.19. The van der Waals surface area contributed by atoms with E-state index in [1.54, 1.807) is 0 Å². The Labute approximate surface area is 155 Å². The summed E-state index contributed by atoms with van der Waals surface area (Å²) in [6, 6.07) is 8.93. The molecular weight excluding hydrogens is 334 g/mol. The number of rotatable bonds is 14. The van der Waals surface area contributed by atoms with Gasteiger partial charge >= 0.3 is 0 Å². The predicted octanol–water partition coefficient (Wildman–Crippen LogP) is -1.26. The van der Waals surface area contributed by atoms with Crippen molar-refractivity contribution in [1.82, 2.24) is 16.0 Å². The maximum atomic E-state index is 12.4. The van der Waals surface area contributed by atoms with Crippen molar-refractivity contribution in [2.75, 3.05) is 45.9 Å². The third-order valence-electron chi connectivity index (χ3n) is 3.59. The Morgan fingerprint density at radius 3 is 2.50 bits per heavy atom. The summed E-state index contributed by atoms with van der Waals surface area (Å²) in [6.45, 7) is 3.03. The Morgan fingerprint density at radius 1 is 1.04 bits per heavy atom. The molecule has 1 rings (SSSR count). The Bertz CT molecular complexity index is 513. The van der Waals surface area contributed by atoms with Crippen LogP contribution >= 0.6 is 0 Å². The molecule has 7 N–H and O–H groups in total. The molecule has 0 unspecified atom stereocenters. The molecule has 0 aliphatic heterocycles. The average Bonchev–Trinajstić information content (AvgIpc) is 2.65. The van der Waals surface area contributed by atoms with E-state index in [0.717, 1.165) is 12.0 Å². The van der Waals surface area contributed by atoms with Gasteiger partial charge in [-0.05, 0) is 25.1 Å². The summed E-state index contributed by atoms with van der Waals surface area (Å²) in [4.78, 5) is 24.6. The van der Waals surface area contributed by atoms with Crippen molar-refractivity contribution in [1.29, 1.82) is 0 Å². The highest BCUT2D eigenvalue weighted by atomic mass is 16.5. The van der Waals surface area contributed by atoms with Crippen molar-refractivity contribution in [3.05, 3.63) is 35.9 Å². The molecule has 1 atom stereocenters. The summed E-state index contributed by atoms with van der Waals surface area (Å²) in [5.41, 5.74) is 11.7. The molecule has 8 heteroatoms. The number of benzene rings is 1. The number of carbonyl (C=O) groups excluding carboxylic acids is 2. The van der Waals surface area contributed by atoms with E-state index in [2.05, 4.69) is 16.0 Å². The fourth-order valence-electron chi connectivity index (χ4n) is 2.29. The van der Waals surface area contributed by atoms with Crippen LogP contribution in [0.5, 0.6) is 0 Å². The third-order valence-corrected chi connectivity index (χ3v) is 3.59. The lowest BCUT2D eigenvalue weighted by Crippen LogP contribution is -2.50. The van der Waals surface area contributed by atoms with E-state index in [1.165, 1.54) is 0 Å². The van der Waals surface area contributed by atoms with Crippen LogP contribution in [0.3, 0.4) is 0 Å². The molecule has 1 aromatic carbocycles. The van der Waals surface area contributed by atoms with E-state index in [9.17, 15) is 9.59 Å². The van der Waals surface area contributed by atoms with Crippen molar-refractivity contribution in [3.8, 4) is 0 Å². The van der Waals surface area contributed by atoms with Gasteiger partial charge in [-0.1, -0.05) is 30.3 Å². The van der Waals surface area contributed by atoms with Gasteiger partial charge < -0.3 is 32.2 Å². The maximum absolute atomic E-state index is 12.4. The topological polar surface area (TPSA) is 132 Å². The van der Waals surface area contributed by atoms with Gasteiger partial charge in [0.15, 0.2) is 0 Å². The third kappa shape index (κ3) is 10.1. The normalized spacial score (nSPS) is 11.8. The van der Waals surface area contributed by atoms with Crippen molar-refractivity contribution in [3.63, 3.8) is 0 Å². The molecule has 0 aliphatic rings. The van der Waals surface area contributed by atoms with Crippen LogP contribution in [0.25, 0.3) is 0 Å². The molecule has 0 radical (unpaired) electrons. The molecule has 0 fully saturated rings. The van der Waals surface area contributed by atoms with Gasteiger partial charge in [-0.3, -0.25) is 9.59 Å². The Balaban J connectivity index is 2.52. The van der Waals surface area contributed by atoms with Gasteiger partial charge in [0, 0.05) is 19.5 Å². The predicted molar refractivity (Wildman–Crippen MR) is 102 cm³/mol. The van der Waals surface area contributed by atoms with Crippen LogP contribution in [0.1, 0.15) is 12.0 Å². The van der Waals surface area contributed by atoms with E-state index in [0.29, 0.717) is 45.8 Å². The minimum absolute atomic E-state index is 0.151. The maximum Gasteiger partial charge on any atom is 0.243 e. The monoisotopic (exact) mass is 365 g/mol. The molecule has 8 nitrogen and oxygen atoms in total. The van der Waals surface area contributed by atoms with Gasteiger partial charge in [-0.15, -0.1) is 0 Å². The molecule has 0 heterocycles. The quantitative estimate of drug-likeness (QED) is 0.262.